The van der Waals surface area contributed by atoms with Gasteiger partial charge in [-0.15, -0.1) is 0 Å². The minimum absolute atomic E-state index is 0.0221. The normalized spacial score (nSPS) is 10.9. The molecule has 0 aliphatic heterocycles. The second-order valence-corrected chi connectivity index (χ2v) is 12.3. The lowest BCUT2D eigenvalue weighted by atomic mass is 10.0. The Balaban J connectivity index is 1.24. The van der Waals surface area contributed by atoms with Gasteiger partial charge >= 0.3 is 0 Å². The molecule has 0 aliphatic carbocycles. The fourth-order valence-electron chi connectivity index (χ4n) is 5.24. The minimum atomic E-state index is -0.261. The Labute approximate surface area is 289 Å². The van der Waals surface area contributed by atoms with Gasteiger partial charge in [0.25, 0.3) is 0 Å². The van der Waals surface area contributed by atoms with Gasteiger partial charge in [0, 0.05) is 66.7 Å². The molecule has 0 unspecified atom stereocenters. The third-order valence-electron chi connectivity index (χ3n) is 7.76. The first-order valence-electron chi connectivity index (χ1n) is 15.5. The molecular formula is C38H35Cl2N3O5. The zero-order valence-corrected chi connectivity index (χ0v) is 28.5. The summed E-state index contributed by atoms with van der Waals surface area (Å²) in [6, 6.07) is 23.9. The third kappa shape index (κ3) is 8.76. The van der Waals surface area contributed by atoms with E-state index in [0.29, 0.717) is 46.3 Å². The summed E-state index contributed by atoms with van der Waals surface area (Å²) in [5.41, 5.74) is 4.89. The summed E-state index contributed by atoms with van der Waals surface area (Å²) in [5.74, 6) is 0.942. The van der Waals surface area contributed by atoms with Crippen LogP contribution >= 0.6 is 23.2 Å². The number of halogens is 2. The Morgan fingerprint density at radius 1 is 0.812 bits per heavy atom. The Morgan fingerprint density at radius 2 is 1.54 bits per heavy atom. The molecule has 0 N–H and O–H groups in total. The van der Waals surface area contributed by atoms with Gasteiger partial charge in [0.05, 0.1) is 16.4 Å². The maximum atomic E-state index is 13.1. The monoisotopic (exact) mass is 683 g/mol. The standard InChI is InChI=1S/C38H35Cl2N3O5/c1-24-19-35(47-22-28-7-4-5-18-41-28)30-8-6-9-34(38(30)42-24)48-23-31-32(39)15-16-33(37(31)40)43(3)36(46)17-14-29(45)21-27-12-10-26(11-13-27)20-25(2)44/h4-13,15-16,18-19H,14,17,20-23H2,1-3H3. The van der Waals surface area contributed by atoms with Crippen molar-refractivity contribution < 1.29 is 23.9 Å². The van der Waals surface area contributed by atoms with Crippen molar-refractivity contribution in [2.45, 2.75) is 52.7 Å². The van der Waals surface area contributed by atoms with Crippen LogP contribution in [-0.2, 0) is 40.4 Å². The smallest absolute Gasteiger partial charge is 0.227 e. The van der Waals surface area contributed by atoms with E-state index in [-0.39, 0.29) is 48.4 Å². The van der Waals surface area contributed by atoms with Crippen LogP contribution in [0.2, 0.25) is 10.0 Å². The highest BCUT2D eigenvalue weighted by atomic mass is 35.5. The summed E-state index contributed by atoms with van der Waals surface area (Å²) < 4.78 is 12.4. The molecule has 0 radical (unpaired) electrons. The molecule has 48 heavy (non-hydrogen) atoms. The number of Topliss-reactive ketones (excluding diaryl/α,β-unsaturated/α-hetero) is 2. The molecule has 2 aromatic heterocycles. The minimum Gasteiger partial charge on any atom is -0.487 e. The lowest BCUT2D eigenvalue weighted by molar-refractivity contribution is -0.123. The first kappa shape index (κ1) is 34.5. The van der Waals surface area contributed by atoms with Crippen LogP contribution in [0.4, 0.5) is 5.69 Å². The van der Waals surface area contributed by atoms with Crippen LogP contribution in [0.15, 0.2) is 85.1 Å². The SMILES string of the molecule is CC(=O)Cc1ccc(CC(=O)CCC(=O)N(C)c2ccc(Cl)c(COc3cccc4c(OCc5ccccn5)cc(C)nc34)c2Cl)cc1. The van der Waals surface area contributed by atoms with Gasteiger partial charge in [-0.25, -0.2) is 4.98 Å². The van der Waals surface area contributed by atoms with E-state index >= 15 is 0 Å². The summed E-state index contributed by atoms with van der Waals surface area (Å²) in [4.78, 5) is 47.6. The van der Waals surface area contributed by atoms with E-state index in [1.807, 2.05) is 73.7 Å². The Hall–Kier alpha value is -4.79. The average molecular weight is 685 g/mol. The number of hydrogen-bond donors (Lipinski definition) is 0. The van der Waals surface area contributed by atoms with Crippen LogP contribution in [0, 0.1) is 6.92 Å². The van der Waals surface area contributed by atoms with Crippen LogP contribution in [0.1, 0.15) is 47.8 Å². The number of ether oxygens (including phenoxy) is 2. The fraction of sp³-hybridized carbons (Fsp3) is 0.237. The molecule has 246 valence electrons. The number of hydrogen-bond acceptors (Lipinski definition) is 7. The first-order valence-corrected chi connectivity index (χ1v) is 16.2. The molecule has 0 bridgehead atoms. The van der Waals surface area contributed by atoms with Crippen LogP contribution in [-0.4, -0.2) is 34.5 Å². The average Bonchev–Trinajstić information content (AvgIpc) is 3.07. The van der Waals surface area contributed by atoms with Gasteiger partial charge in [-0.3, -0.25) is 19.4 Å². The maximum absolute atomic E-state index is 13.1. The number of aryl methyl sites for hydroxylation is 1. The molecule has 0 saturated carbocycles. The number of carbonyl (C=O) groups excluding carboxylic acids is 3. The number of nitrogens with zero attached hydrogens (tertiary/aromatic N) is 3. The second-order valence-electron chi connectivity index (χ2n) is 11.5. The number of pyridine rings is 2. The van der Waals surface area contributed by atoms with Gasteiger partial charge in [0.2, 0.25) is 5.91 Å². The van der Waals surface area contributed by atoms with E-state index in [1.165, 1.54) is 4.90 Å². The van der Waals surface area contributed by atoms with E-state index in [1.54, 1.807) is 32.3 Å². The van der Waals surface area contributed by atoms with Crippen molar-refractivity contribution in [1.29, 1.82) is 0 Å². The molecule has 5 aromatic rings. The van der Waals surface area contributed by atoms with Crippen molar-refractivity contribution >= 4 is 57.3 Å². The van der Waals surface area contributed by atoms with Crippen LogP contribution in [0.25, 0.3) is 10.9 Å². The number of fused-ring (bicyclic) bond motifs is 1. The number of rotatable bonds is 14. The van der Waals surface area contributed by atoms with Gasteiger partial charge < -0.3 is 14.4 Å². The molecule has 0 fully saturated rings. The summed E-state index contributed by atoms with van der Waals surface area (Å²) >= 11 is 13.4. The molecule has 0 spiro atoms. The first-order chi connectivity index (χ1) is 23.1. The summed E-state index contributed by atoms with van der Waals surface area (Å²) in [6.07, 6.45) is 2.40. The number of anilines is 1. The number of carbonyl (C=O) groups is 3. The van der Waals surface area contributed by atoms with E-state index in [9.17, 15) is 14.4 Å². The van der Waals surface area contributed by atoms with Gasteiger partial charge in [-0.2, -0.15) is 0 Å². The van der Waals surface area contributed by atoms with Crippen molar-refractivity contribution in [3.8, 4) is 11.5 Å². The van der Waals surface area contributed by atoms with Crippen molar-refractivity contribution in [3.05, 3.63) is 123 Å². The zero-order valence-electron chi connectivity index (χ0n) is 27.0. The van der Waals surface area contributed by atoms with Crippen molar-refractivity contribution in [1.82, 2.24) is 9.97 Å². The molecule has 2 heterocycles. The van der Waals surface area contributed by atoms with E-state index < -0.39 is 0 Å². The van der Waals surface area contributed by atoms with Crippen molar-refractivity contribution in [3.63, 3.8) is 0 Å². The van der Waals surface area contributed by atoms with Crippen molar-refractivity contribution in [2.24, 2.45) is 0 Å². The Kier molecular flexibility index (Phi) is 11.4. The van der Waals surface area contributed by atoms with Gasteiger partial charge in [-0.1, -0.05) is 59.6 Å². The number of aromatic nitrogens is 2. The Morgan fingerprint density at radius 3 is 2.25 bits per heavy atom. The number of amides is 1. The molecular weight excluding hydrogens is 649 g/mol. The molecule has 0 aliphatic rings. The molecule has 8 nitrogen and oxygen atoms in total. The predicted molar refractivity (Wildman–Crippen MR) is 188 cm³/mol. The van der Waals surface area contributed by atoms with Gasteiger partial charge in [0.15, 0.2) is 0 Å². The zero-order chi connectivity index (χ0) is 34.2. The lowest BCUT2D eigenvalue weighted by Gasteiger charge is -2.21. The molecule has 5 rings (SSSR count). The lowest BCUT2D eigenvalue weighted by Crippen LogP contribution is -2.27. The highest BCUT2D eigenvalue weighted by molar-refractivity contribution is 6.38. The highest BCUT2D eigenvalue weighted by Gasteiger charge is 2.20. The summed E-state index contributed by atoms with van der Waals surface area (Å²) in [5, 5.41) is 1.45. The Bertz CT molecular complexity index is 1950. The van der Waals surface area contributed by atoms with E-state index in [2.05, 4.69) is 4.98 Å². The summed E-state index contributed by atoms with van der Waals surface area (Å²) in [7, 11) is 1.62. The number of benzene rings is 3. The highest BCUT2D eigenvalue weighted by Crippen LogP contribution is 2.37. The molecule has 10 heteroatoms. The number of ketones is 2. The summed E-state index contributed by atoms with van der Waals surface area (Å²) in [6.45, 7) is 3.76. The quantitative estimate of drug-likeness (QED) is 0.117. The largest absolute Gasteiger partial charge is 0.487 e. The third-order valence-corrected chi connectivity index (χ3v) is 8.54. The van der Waals surface area contributed by atoms with Gasteiger partial charge in [0.1, 0.15) is 41.8 Å². The maximum Gasteiger partial charge on any atom is 0.227 e. The van der Waals surface area contributed by atoms with E-state index in [4.69, 9.17) is 37.7 Å². The second kappa shape index (κ2) is 15.9. The molecule has 3 aromatic carbocycles. The predicted octanol–water partition coefficient (Wildman–Crippen LogP) is 8.09. The molecule has 0 atom stereocenters. The topological polar surface area (TPSA) is 98.7 Å². The van der Waals surface area contributed by atoms with Crippen LogP contribution in [0.5, 0.6) is 11.5 Å². The molecule has 1 amide bonds. The van der Waals surface area contributed by atoms with Crippen LogP contribution < -0.4 is 14.4 Å². The van der Waals surface area contributed by atoms with E-state index in [0.717, 1.165) is 27.9 Å². The van der Waals surface area contributed by atoms with Crippen molar-refractivity contribution in [2.75, 3.05) is 11.9 Å². The fourth-order valence-corrected chi connectivity index (χ4v) is 5.84. The number of para-hydroxylation sites is 1. The molecule has 0 saturated heterocycles. The van der Waals surface area contributed by atoms with Gasteiger partial charge in [-0.05, 0) is 61.4 Å². The van der Waals surface area contributed by atoms with Crippen LogP contribution in [0.3, 0.4) is 0 Å².